The number of halogens is 5. The highest BCUT2D eigenvalue weighted by Crippen LogP contribution is 2.42. The van der Waals surface area contributed by atoms with Gasteiger partial charge in [-0.25, -0.2) is 9.59 Å². The summed E-state index contributed by atoms with van der Waals surface area (Å²) in [5, 5.41) is 17.8. The smallest absolute Gasteiger partial charge is 0.509 e. The highest BCUT2D eigenvalue weighted by atomic mass is 35.5. The van der Waals surface area contributed by atoms with E-state index in [1.807, 2.05) is 0 Å². The first-order chi connectivity index (χ1) is 24.8. The van der Waals surface area contributed by atoms with E-state index in [9.17, 15) is 24.3 Å². The zero-order chi connectivity index (χ0) is 40.3. The minimum absolute atomic E-state index is 0.0168. The number of ether oxygens (including phenoxy) is 5. The van der Waals surface area contributed by atoms with Gasteiger partial charge >= 0.3 is 11.6 Å². The molecule has 0 bridgehead atoms. The fourth-order valence-corrected chi connectivity index (χ4v) is 6.97. The van der Waals surface area contributed by atoms with Crippen LogP contribution in [0.3, 0.4) is 0 Å². The van der Waals surface area contributed by atoms with Crippen molar-refractivity contribution in [1.82, 2.24) is 10.6 Å². The number of methoxy groups -OCH3 is 2. The first-order valence-electron chi connectivity index (χ1n) is 16.2. The van der Waals surface area contributed by atoms with Gasteiger partial charge in [0.1, 0.15) is 11.5 Å². The summed E-state index contributed by atoms with van der Waals surface area (Å²) in [6.07, 6.45) is -0.0186. The Balaban J connectivity index is 0.000000323. The Kier molecular flexibility index (Phi) is 17.7. The molecular formula is C36H43Cl5N2O10. The molecule has 2 aliphatic heterocycles. The molecule has 292 valence electrons. The number of nitrogens with one attached hydrogen (secondary N) is 2. The van der Waals surface area contributed by atoms with Gasteiger partial charge in [-0.1, -0.05) is 46.4 Å². The van der Waals surface area contributed by atoms with Gasteiger partial charge in [-0.3, -0.25) is 9.59 Å². The molecule has 0 fully saturated rings. The average Bonchev–Trinajstić information content (AvgIpc) is 3.41. The molecule has 17 heteroatoms. The summed E-state index contributed by atoms with van der Waals surface area (Å²) in [6.45, 7) is 11.7. The van der Waals surface area contributed by atoms with Crippen molar-refractivity contribution in [2.24, 2.45) is 0 Å². The summed E-state index contributed by atoms with van der Waals surface area (Å²) in [6, 6.07) is 6.50. The number of rotatable bonds is 11. The highest BCUT2D eigenvalue weighted by molar-refractivity contribution is 6.61. The lowest BCUT2D eigenvalue weighted by Crippen LogP contribution is -2.43. The van der Waals surface area contributed by atoms with Crippen LogP contribution in [0.25, 0.3) is 11.1 Å². The van der Waals surface area contributed by atoms with Gasteiger partial charge in [-0.05, 0) is 76.9 Å². The lowest BCUT2D eigenvalue weighted by molar-refractivity contribution is -0.117. The van der Waals surface area contributed by atoms with Crippen LogP contribution in [-0.4, -0.2) is 80.2 Å². The summed E-state index contributed by atoms with van der Waals surface area (Å²) in [7, 11) is 3.12. The van der Waals surface area contributed by atoms with Crippen molar-refractivity contribution in [2.45, 2.75) is 65.5 Å². The van der Waals surface area contributed by atoms with Crippen molar-refractivity contribution in [1.29, 1.82) is 0 Å². The van der Waals surface area contributed by atoms with Gasteiger partial charge in [0.2, 0.25) is 0 Å². The Bertz CT molecular complexity index is 1720. The summed E-state index contributed by atoms with van der Waals surface area (Å²) in [4.78, 5) is 46.6. The SMILES string of the molecule is CCOC(=O)Cl.CCOC(=O)OC1=C(c2c(C)cc(Cl)cc2Cl)C(=O)NC1(C)CCOC.COCCC1(C)NC(=O)C(c2c(C)cc(Cl)cc2Cl)=C1O. The molecule has 2 unspecified atom stereocenters. The van der Waals surface area contributed by atoms with Crippen LogP contribution < -0.4 is 10.6 Å². The standard InChI is InChI=1S/C18H21Cl2NO5.C15H17Cl2NO3.C3H5ClO2/c1-5-25-17(23)26-15-14(13-10(2)8-11(19)9-12(13)20)16(22)21-18(15,3)6-7-24-4;1-8-6-9(16)7-10(17)11(8)12-13(19)15(2,4-5-21-3)18-14(12)20;1-2-6-3(4)5/h8-9H,5-7H2,1-4H3,(H,21,22);6-7,19H,4-5H2,1-3H3,(H,18,20);2H2,1H3. The van der Waals surface area contributed by atoms with E-state index in [4.69, 9.17) is 77.0 Å². The Morgan fingerprint density at radius 1 is 0.736 bits per heavy atom. The zero-order valence-corrected chi connectivity index (χ0v) is 34.3. The summed E-state index contributed by atoms with van der Waals surface area (Å²) >= 11 is 29.2. The summed E-state index contributed by atoms with van der Waals surface area (Å²) in [5.41, 5.74) is 0.267. The number of aliphatic hydroxyl groups excluding tert-OH is 1. The molecular weight excluding hydrogens is 798 g/mol. The molecule has 2 heterocycles. The molecule has 0 saturated carbocycles. The molecule has 0 aliphatic carbocycles. The van der Waals surface area contributed by atoms with Crippen LogP contribution in [0.2, 0.25) is 20.1 Å². The van der Waals surface area contributed by atoms with Crippen LogP contribution >= 0.6 is 58.0 Å². The third-order valence-corrected chi connectivity index (χ3v) is 9.18. The molecule has 53 heavy (non-hydrogen) atoms. The maximum absolute atomic E-state index is 12.8. The minimum Gasteiger partial charge on any atom is -0.509 e. The van der Waals surface area contributed by atoms with E-state index in [0.717, 1.165) is 5.56 Å². The van der Waals surface area contributed by atoms with E-state index in [0.29, 0.717) is 69.4 Å². The Morgan fingerprint density at radius 2 is 1.17 bits per heavy atom. The van der Waals surface area contributed by atoms with Crippen molar-refractivity contribution in [3.63, 3.8) is 0 Å². The van der Waals surface area contributed by atoms with Crippen molar-refractivity contribution < 1.29 is 48.0 Å². The molecule has 0 spiro atoms. The van der Waals surface area contributed by atoms with Crippen LogP contribution in [-0.2, 0) is 33.3 Å². The second-order valence-electron chi connectivity index (χ2n) is 12.1. The number of aryl methyl sites for hydroxylation is 2. The second-order valence-corrected chi connectivity index (χ2v) is 14.1. The molecule has 0 radical (unpaired) electrons. The molecule has 0 aromatic heterocycles. The van der Waals surface area contributed by atoms with Crippen molar-refractivity contribution in [3.8, 4) is 0 Å². The first kappa shape index (κ1) is 45.9. The molecule has 2 aliphatic rings. The minimum atomic E-state index is -0.940. The quantitative estimate of drug-likeness (QED) is 0.147. The third kappa shape index (κ3) is 11.9. The topological polar surface area (TPSA) is 159 Å². The third-order valence-electron chi connectivity index (χ3n) is 8.04. The van der Waals surface area contributed by atoms with Crippen LogP contribution in [0.15, 0.2) is 35.8 Å². The lowest BCUT2D eigenvalue weighted by Gasteiger charge is -2.26. The van der Waals surface area contributed by atoms with Gasteiger partial charge < -0.3 is 39.4 Å². The molecule has 4 rings (SSSR count). The molecule has 2 aromatic rings. The van der Waals surface area contributed by atoms with Crippen LogP contribution in [0, 0.1) is 13.8 Å². The average molecular weight is 841 g/mol. The predicted molar refractivity (Wildman–Crippen MR) is 206 cm³/mol. The first-order valence-corrected chi connectivity index (χ1v) is 18.1. The van der Waals surface area contributed by atoms with Gasteiger partial charge in [0.25, 0.3) is 11.8 Å². The van der Waals surface area contributed by atoms with Gasteiger partial charge in [0.15, 0.2) is 0 Å². The highest BCUT2D eigenvalue weighted by Gasteiger charge is 2.46. The van der Waals surface area contributed by atoms with E-state index in [-0.39, 0.29) is 35.2 Å². The number of carbonyl (C=O) groups excluding carboxylic acids is 4. The fraction of sp³-hybridized carbons (Fsp3) is 0.444. The predicted octanol–water partition coefficient (Wildman–Crippen LogP) is 8.99. The molecule has 12 nitrogen and oxygen atoms in total. The van der Waals surface area contributed by atoms with E-state index >= 15 is 0 Å². The number of aliphatic hydroxyl groups is 1. The fourth-order valence-electron chi connectivity index (χ4n) is 5.48. The molecule has 2 atom stereocenters. The van der Waals surface area contributed by atoms with Gasteiger partial charge in [0, 0.05) is 73.0 Å². The lowest BCUT2D eigenvalue weighted by atomic mass is 9.93. The summed E-state index contributed by atoms with van der Waals surface area (Å²) in [5.74, 6) is -0.601. The number of amides is 2. The van der Waals surface area contributed by atoms with Crippen molar-refractivity contribution >= 4 is 92.5 Å². The van der Waals surface area contributed by atoms with Crippen LogP contribution in [0.4, 0.5) is 9.59 Å². The normalized spacial score (nSPS) is 19.1. The van der Waals surface area contributed by atoms with Gasteiger partial charge in [0.05, 0.1) is 45.5 Å². The largest absolute Gasteiger partial charge is 0.513 e. The Morgan fingerprint density at radius 3 is 1.58 bits per heavy atom. The molecule has 2 aromatic carbocycles. The molecule has 3 N–H and O–H groups in total. The van der Waals surface area contributed by atoms with Gasteiger partial charge in [-0.2, -0.15) is 0 Å². The maximum Gasteiger partial charge on any atom is 0.513 e. The van der Waals surface area contributed by atoms with Crippen molar-refractivity contribution in [2.75, 3.05) is 40.6 Å². The number of benzene rings is 2. The Labute approximate surface area is 333 Å². The van der Waals surface area contributed by atoms with E-state index in [1.54, 1.807) is 80.0 Å². The van der Waals surface area contributed by atoms with Crippen LogP contribution in [0.5, 0.6) is 0 Å². The van der Waals surface area contributed by atoms with Crippen LogP contribution in [0.1, 0.15) is 62.8 Å². The van der Waals surface area contributed by atoms with Gasteiger partial charge in [-0.15, -0.1) is 0 Å². The molecule has 2 amide bonds. The zero-order valence-electron chi connectivity index (χ0n) is 30.6. The maximum atomic E-state index is 12.8. The van der Waals surface area contributed by atoms with Crippen molar-refractivity contribution in [3.05, 3.63) is 78.1 Å². The molecule has 0 saturated heterocycles. The monoisotopic (exact) mass is 838 g/mol. The summed E-state index contributed by atoms with van der Waals surface area (Å²) < 4.78 is 24.6. The number of hydrogen-bond acceptors (Lipinski definition) is 10. The van der Waals surface area contributed by atoms with E-state index in [2.05, 4.69) is 15.4 Å². The number of hydrogen-bond donors (Lipinski definition) is 3. The number of carbonyl (C=O) groups is 4. The van der Waals surface area contributed by atoms with E-state index in [1.165, 1.54) is 0 Å². The second kappa shape index (κ2) is 20.5. The Hall–Kier alpha value is -3.23. The van der Waals surface area contributed by atoms with E-state index < -0.39 is 28.6 Å².